The van der Waals surface area contributed by atoms with Crippen LogP contribution in [0.15, 0.2) is 36.1 Å². The summed E-state index contributed by atoms with van der Waals surface area (Å²) in [5, 5.41) is 0. The summed E-state index contributed by atoms with van der Waals surface area (Å²) in [4.78, 5) is 0. The Morgan fingerprint density at radius 1 is 1.10 bits per heavy atom. The second-order valence-electron chi connectivity index (χ2n) is 5.98. The van der Waals surface area contributed by atoms with Crippen LogP contribution in [-0.2, 0) is 11.2 Å². The van der Waals surface area contributed by atoms with E-state index in [9.17, 15) is 0 Å². The van der Waals surface area contributed by atoms with Crippen LogP contribution in [0.1, 0.15) is 68.9 Å². The number of aryl methyl sites for hydroxylation is 1. The van der Waals surface area contributed by atoms with Gasteiger partial charge in [-0.15, -0.1) is 0 Å². The van der Waals surface area contributed by atoms with Gasteiger partial charge in [0.05, 0.1) is 13.4 Å². The first-order valence-electron chi connectivity index (χ1n) is 8.13. The Hall–Kier alpha value is -1.24. The average Bonchev–Trinajstić information content (AvgIpc) is 2.49. The van der Waals surface area contributed by atoms with E-state index in [-0.39, 0.29) is 0 Å². The maximum absolute atomic E-state index is 5.12. The first-order chi connectivity index (χ1) is 9.83. The number of allylic oxidation sites excluding steroid dienone is 1. The molecule has 1 aliphatic carbocycles. The van der Waals surface area contributed by atoms with Crippen molar-refractivity contribution in [2.75, 3.05) is 7.11 Å². The van der Waals surface area contributed by atoms with Gasteiger partial charge < -0.3 is 4.74 Å². The predicted molar refractivity (Wildman–Crippen MR) is 86.0 cm³/mol. The molecule has 20 heavy (non-hydrogen) atoms. The van der Waals surface area contributed by atoms with Crippen molar-refractivity contribution in [1.82, 2.24) is 0 Å². The largest absolute Gasteiger partial charge is 0.504 e. The van der Waals surface area contributed by atoms with Crippen LogP contribution in [0.5, 0.6) is 0 Å². The van der Waals surface area contributed by atoms with E-state index >= 15 is 0 Å². The minimum absolute atomic E-state index is 0.744. The molecule has 0 N–H and O–H groups in total. The molecule has 0 atom stereocenters. The summed E-state index contributed by atoms with van der Waals surface area (Å²) in [6, 6.07) is 9.39. The number of unbranched alkanes of at least 4 members (excludes halogenated alkanes) is 2. The number of hydrogen-bond donors (Lipinski definition) is 0. The molecule has 1 nitrogen and oxygen atoms in total. The van der Waals surface area contributed by atoms with Crippen molar-refractivity contribution in [3.63, 3.8) is 0 Å². The van der Waals surface area contributed by atoms with E-state index in [4.69, 9.17) is 4.74 Å². The first-order valence-corrected chi connectivity index (χ1v) is 8.13. The lowest BCUT2D eigenvalue weighted by molar-refractivity contribution is 0.326. The van der Waals surface area contributed by atoms with Crippen LogP contribution in [0.2, 0.25) is 0 Å². The Bertz CT molecular complexity index is 406. The maximum atomic E-state index is 5.12. The second-order valence-corrected chi connectivity index (χ2v) is 5.98. The van der Waals surface area contributed by atoms with Gasteiger partial charge in [-0.1, -0.05) is 44.0 Å². The highest BCUT2D eigenvalue weighted by molar-refractivity contribution is 5.26. The maximum Gasteiger partial charge on any atom is 0.0816 e. The van der Waals surface area contributed by atoms with Crippen molar-refractivity contribution in [3.05, 3.63) is 47.2 Å². The Morgan fingerprint density at radius 2 is 1.80 bits per heavy atom. The summed E-state index contributed by atoms with van der Waals surface area (Å²) in [5.74, 6) is 0.744. The van der Waals surface area contributed by atoms with Crippen molar-refractivity contribution in [2.24, 2.45) is 0 Å². The van der Waals surface area contributed by atoms with Crippen LogP contribution in [0.3, 0.4) is 0 Å². The number of ether oxygens (including phenoxy) is 1. The van der Waals surface area contributed by atoms with Gasteiger partial charge in [-0.25, -0.2) is 0 Å². The molecule has 0 spiro atoms. The zero-order valence-corrected chi connectivity index (χ0v) is 13.0. The molecule has 0 aromatic heterocycles. The van der Waals surface area contributed by atoms with Crippen LogP contribution < -0.4 is 0 Å². The molecule has 110 valence electrons. The van der Waals surface area contributed by atoms with Crippen molar-refractivity contribution >= 4 is 0 Å². The molecule has 0 radical (unpaired) electrons. The number of methoxy groups -OCH3 is 1. The van der Waals surface area contributed by atoms with Crippen LogP contribution >= 0.6 is 0 Å². The monoisotopic (exact) mass is 272 g/mol. The summed E-state index contributed by atoms with van der Waals surface area (Å²) in [6.45, 7) is 2.26. The zero-order valence-electron chi connectivity index (χ0n) is 13.0. The lowest BCUT2D eigenvalue weighted by atomic mass is 9.82. The van der Waals surface area contributed by atoms with E-state index in [0.717, 1.165) is 5.92 Å². The third-order valence-electron chi connectivity index (χ3n) is 4.43. The summed E-state index contributed by atoms with van der Waals surface area (Å²) in [5.41, 5.74) is 4.50. The van der Waals surface area contributed by atoms with Gasteiger partial charge in [0.1, 0.15) is 0 Å². The van der Waals surface area contributed by atoms with Gasteiger partial charge in [-0.2, -0.15) is 0 Å². The quantitative estimate of drug-likeness (QED) is 0.483. The molecule has 0 unspecified atom stereocenters. The van der Waals surface area contributed by atoms with Crippen LogP contribution in [0, 0.1) is 0 Å². The topological polar surface area (TPSA) is 9.23 Å². The average molecular weight is 272 g/mol. The molecule has 0 aliphatic heterocycles. The van der Waals surface area contributed by atoms with Gasteiger partial charge in [0.15, 0.2) is 0 Å². The molecule has 0 heterocycles. The highest BCUT2D eigenvalue weighted by Gasteiger charge is 2.18. The zero-order chi connectivity index (χ0) is 14.2. The highest BCUT2D eigenvalue weighted by atomic mass is 16.5. The van der Waals surface area contributed by atoms with E-state index in [0.29, 0.717) is 0 Å². The minimum Gasteiger partial charge on any atom is -0.504 e. The van der Waals surface area contributed by atoms with E-state index < -0.39 is 0 Å². The molecule has 1 aliphatic rings. The molecular weight excluding hydrogens is 244 g/mol. The van der Waals surface area contributed by atoms with Crippen molar-refractivity contribution in [2.45, 2.75) is 64.2 Å². The fourth-order valence-corrected chi connectivity index (χ4v) is 3.14. The molecule has 0 bridgehead atoms. The first kappa shape index (κ1) is 15.2. The summed E-state index contributed by atoms with van der Waals surface area (Å²) >= 11 is 0. The Balaban J connectivity index is 1.86. The Kier molecular flexibility index (Phi) is 6.17. The van der Waals surface area contributed by atoms with E-state index in [2.05, 4.69) is 31.2 Å². The van der Waals surface area contributed by atoms with Crippen molar-refractivity contribution < 1.29 is 4.74 Å². The van der Waals surface area contributed by atoms with Gasteiger partial charge in [0, 0.05) is 0 Å². The van der Waals surface area contributed by atoms with Gasteiger partial charge in [-0.3, -0.25) is 0 Å². The van der Waals surface area contributed by atoms with Crippen LogP contribution in [-0.4, -0.2) is 7.11 Å². The summed E-state index contributed by atoms with van der Waals surface area (Å²) in [6.07, 6.45) is 12.1. The lowest BCUT2D eigenvalue weighted by Gasteiger charge is -2.24. The molecule has 1 fully saturated rings. The normalized spacial score (nSPS) is 18.9. The van der Waals surface area contributed by atoms with Crippen LogP contribution in [0.25, 0.3) is 0 Å². The number of rotatable bonds is 6. The Labute approximate surface area is 124 Å². The number of hydrogen-bond acceptors (Lipinski definition) is 1. The molecule has 1 heteroatoms. The van der Waals surface area contributed by atoms with Gasteiger partial charge in [0.2, 0.25) is 0 Å². The van der Waals surface area contributed by atoms with Crippen LogP contribution in [0.4, 0.5) is 0 Å². The van der Waals surface area contributed by atoms with Gasteiger partial charge in [0.25, 0.3) is 0 Å². The van der Waals surface area contributed by atoms with Gasteiger partial charge in [-0.05, 0) is 61.1 Å². The molecule has 0 amide bonds. The second kappa shape index (κ2) is 8.14. The fraction of sp³-hybridized carbons (Fsp3) is 0.579. The predicted octanol–water partition coefficient (Wildman–Crippen LogP) is 5.61. The molecule has 1 saturated carbocycles. The standard InChI is InChI=1S/C19H28O/c1-3-4-5-6-16-7-11-18(12-8-16)19-13-9-17(10-14-19)15-20-2/h7-8,11-12,15,19H,3-6,9-10,13-14H2,1-2H3. The molecular formula is C19H28O. The molecule has 1 aromatic carbocycles. The van der Waals surface area contributed by atoms with E-state index in [1.807, 2.05) is 6.26 Å². The smallest absolute Gasteiger partial charge is 0.0816 e. The highest BCUT2D eigenvalue weighted by Crippen LogP contribution is 2.35. The van der Waals surface area contributed by atoms with Gasteiger partial charge >= 0.3 is 0 Å². The molecule has 0 saturated heterocycles. The third-order valence-corrected chi connectivity index (χ3v) is 4.43. The summed E-state index contributed by atoms with van der Waals surface area (Å²) in [7, 11) is 1.75. The van der Waals surface area contributed by atoms with E-state index in [1.165, 1.54) is 68.1 Å². The summed E-state index contributed by atoms with van der Waals surface area (Å²) < 4.78 is 5.12. The third kappa shape index (κ3) is 4.40. The molecule has 2 rings (SSSR count). The van der Waals surface area contributed by atoms with Crippen molar-refractivity contribution in [1.29, 1.82) is 0 Å². The Morgan fingerprint density at radius 3 is 2.40 bits per heavy atom. The lowest BCUT2D eigenvalue weighted by Crippen LogP contribution is -2.07. The fourth-order valence-electron chi connectivity index (χ4n) is 3.14. The SMILES string of the molecule is CCCCCc1ccc(C2CCC(=COC)CC2)cc1. The van der Waals surface area contributed by atoms with Crippen molar-refractivity contribution in [3.8, 4) is 0 Å². The minimum atomic E-state index is 0.744. The van der Waals surface area contributed by atoms with E-state index in [1.54, 1.807) is 7.11 Å². The molecule has 1 aromatic rings. The number of benzene rings is 1.